The lowest BCUT2D eigenvalue weighted by Crippen LogP contribution is -2.53. The van der Waals surface area contributed by atoms with Crippen LogP contribution in [0.15, 0.2) is 108 Å². The molecule has 7 nitrogen and oxygen atoms in total. The molecule has 0 heterocycles. The molecule has 9 heteroatoms. The van der Waals surface area contributed by atoms with Gasteiger partial charge < -0.3 is 10.2 Å². The van der Waals surface area contributed by atoms with Crippen molar-refractivity contribution in [1.82, 2.24) is 10.2 Å². The van der Waals surface area contributed by atoms with E-state index in [0.717, 1.165) is 21.0 Å². The minimum absolute atomic E-state index is 0.0330. The Balaban J connectivity index is 1.79. The number of carbonyl (C=O) groups is 2. The highest BCUT2D eigenvalue weighted by Gasteiger charge is 2.34. The number of benzene rings is 4. The van der Waals surface area contributed by atoms with Gasteiger partial charge in [-0.05, 0) is 65.9 Å². The van der Waals surface area contributed by atoms with E-state index in [9.17, 15) is 22.4 Å². The van der Waals surface area contributed by atoms with E-state index in [2.05, 4.69) is 5.32 Å². The number of nitrogens with zero attached hydrogens (tertiary/aromatic N) is 2. The number of aryl methyl sites for hydroxylation is 1. The van der Waals surface area contributed by atoms with Gasteiger partial charge in [0.2, 0.25) is 11.8 Å². The van der Waals surface area contributed by atoms with E-state index in [4.69, 9.17) is 0 Å². The Morgan fingerprint density at radius 2 is 1.43 bits per heavy atom. The SMILES string of the molecule is CNC(=O)C(Cc1ccccc1)N(Cc1ccc(F)cc1)C(=O)CN(c1ccc(C(C)C)cc1)S(=O)(=O)c1ccc(C)cc1. The second-order valence-electron chi connectivity index (χ2n) is 11.0. The third-order valence-corrected chi connectivity index (χ3v) is 9.31. The molecule has 0 aliphatic heterocycles. The van der Waals surface area contributed by atoms with E-state index in [-0.39, 0.29) is 23.8 Å². The van der Waals surface area contributed by atoms with E-state index in [1.54, 1.807) is 36.4 Å². The predicted molar refractivity (Wildman–Crippen MR) is 171 cm³/mol. The Kier molecular flexibility index (Phi) is 10.5. The van der Waals surface area contributed by atoms with Crippen LogP contribution in [0.4, 0.5) is 10.1 Å². The monoisotopic (exact) mass is 615 g/mol. The standard InChI is InChI=1S/C35H38FN3O4S/c1-25(2)29-14-18-31(19-15-29)39(44(42,43)32-20-10-26(3)11-21-32)24-34(40)38(23-28-12-16-30(36)17-13-28)33(35(41)37-4)22-27-8-6-5-7-9-27/h5-21,25,33H,22-24H2,1-4H3,(H,37,41). The van der Waals surface area contributed by atoms with Gasteiger partial charge in [-0.2, -0.15) is 0 Å². The summed E-state index contributed by atoms with van der Waals surface area (Å²) in [6.45, 7) is 5.35. The van der Waals surface area contributed by atoms with E-state index >= 15 is 0 Å². The largest absolute Gasteiger partial charge is 0.357 e. The molecule has 1 unspecified atom stereocenters. The third-order valence-electron chi connectivity index (χ3n) is 7.52. The first kappa shape index (κ1) is 32.4. The summed E-state index contributed by atoms with van der Waals surface area (Å²) < 4.78 is 43.0. The summed E-state index contributed by atoms with van der Waals surface area (Å²) >= 11 is 0. The lowest BCUT2D eigenvalue weighted by molar-refractivity contribution is -0.139. The van der Waals surface area contributed by atoms with Crippen LogP contribution in [-0.2, 0) is 32.6 Å². The van der Waals surface area contributed by atoms with Gasteiger partial charge >= 0.3 is 0 Å². The van der Waals surface area contributed by atoms with Crippen molar-refractivity contribution in [1.29, 1.82) is 0 Å². The van der Waals surface area contributed by atoms with Gasteiger partial charge in [0, 0.05) is 20.0 Å². The number of sulfonamides is 1. The summed E-state index contributed by atoms with van der Waals surface area (Å²) in [5.74, 6) is -1.19. The average Bonchev–Trinajstić information content (AvgIpc) is 3.02. The zero-order valence-electron chi connectivity index (χ0n) is 25.4. The minimum atomic E-state index is -4.19. The molecule has 1 N–H and O–H groups in total. The molecule has 4 aromatic carbocycles. The highest BCUT2D eigenvalue weighted by Crippen LogP contribution is 2.27. The molecule has 0 aliphatic rings. The van der Waals surface area contributed by atoms with Crippen LogP contribution in [0.5, 0.6) is 0 Å². The summed E-state index contributed by atoms with van der Waals surface area (Å²) in [6, 6.07) is 27.5. The minimum Gasteiger partial charge on any atom is -0.357 e. The number of anilines is 1. The van der Waals surface area contributed by atoms with Crippen LogP contribution >= 0.6 is 0 Å². The second-order valence-corrected chi connectivity index (χ2v) is 12.9. The van der Waals surface area contributed by atoms with Crippen LogP contribution in [0.2, 0.25) is 0 Å². The molecule has 0 bridgehead atoms. The first-order valence-corrected chi connectivity index (χ1v) is 15.9. The number of rotatable bonds is 12. The lowest BCUT2D eigenvalue weighted by atomic mass is 10.0. The van der Waals surface area contributed by atoms with Crippen LogP contribution in [0.25, 0.3) is 0 Å². The topological polar surface area (TPSA) is 86.8 Å². The molecule has 44 heavy (non-hydrogen) atoms. The molecule has 1 atom stereocenters. The van der Waals surface area contributed by atoms with Crippen LogP contribution < -0.4 is 9.62 Å². The number of nitrogens with one attached hydrogen (secondary N) is 1. The van der Waals surface area contributed by atoms with Gasteiger partial charge in [0.05, 0.1) is 10.6 Å². The first-order valence-electron chi connectivity index (χ1n) is 14.5. The molecular formula is C35H38FN3O4S. The van der Waals surface area contributed by atoms with Gasteiger partial charge in [-0.25, -0.2) is 12.8 Å². The molecule has 0 spiro atoms. The molecule has 230 valence electrons. The smallest absolute Gasteiger partial charge is 0.264 e. The van der Waals surface area contributed by atoms with Crippen molar-refractivity contribution >= 4 is 27.5 Å². The highest BCUT2D eigenvalue weighted by molar-refractivity contribution is 7.92. The molecule has 0 saturated carbocycles. The summed E-state index contributed by atoms with van der Waals surface area (Å²) in [5, 5.41) is 2.65. The van der Waals surface area contributed by atoms with Crippen molar-refractivity contribution in [2.24, 2.45) is 0 Å². The number of likely N-dealkylation sites (N-methyl/N-ethyl adjacent to an activating group) is 1. The molecule has 2 amide bonds. The van der Waals surface area contributed by atoms with E-state index in [1.165, 1.54) is 36.2 Å². The zero-order valence-corrected chi connectivity index (χ0v) is 26.2. The number of amides is 2. The van der Waals surface area contributed by atoms with Crippen molar-refractivity contribution in [2.75, 3.05) is 17.9 Å². The Morgan fingerprint density at radius 1 is 0.818 bits per heavy atom. The maximum atomic E-state index is 14.3. The van der Waals surface area contributed by atoms with Crippen molar-refractivity contribution in [3.63, 3.8) is 0 Å². The quantitative estimate of drug-likeness (QED) is 0.217. The first-order chi connectivity index (χ1) is 21.0. The number of hydrogen-bond donors (Lipinski definition) is 1. The Morgan fingerprint density at radius 3 is 2.00 bits per heavy atom. The van der Waals surface area contributed by atoms with Crippen LogP contribution in [0.1, 0.15) is 42.0 Å². The number of halogens is 1. The molecule has 0 aromatic heterocycles. The Hall–Kier alpha value is -4.50. The normalized spacial score (nSPS) is 12.0. The maximum Gasteiger partial charge on any atom is 0.264 e. The second kappa shape index (κ2) is 14.3. The Bertz CT molecular complexity index is 1660. The summed E-state index contributed by atoms with van der Waals surface area (Å²) in [5.41, 5.74) is 3.66. The molecule has 4 aromatic rings. The molecular weight excluding hydrogens is 577 g/mol. The lowest BCUT2D eigenvalue weighted by Gasteiger charge is -2.33. The summed E-state index contributed by atoms with van der Waals surface area (Å²) in [6.07, 6.45) is 0.196. The van der Waals surface area contributed by atoms with Crippen molar-refractivity contribution in [2.45, 2.75) is 50.6 Å². The van der Waals surface area contributed by atoms with Gasteiger partial charge in [-0.1, -0.05) is 86.1 Å². The predicted octanol–water partition coefficient (Wildman–Crippen LogP) is 5.84. The van der Waals surface area contributed by atoms with Crippen LogP contribution in [-0.4, -0.2) is 44.8 Å². The van der Waals surface area contributed by atoms with E-state index < -0.39 is 40.2 Å². The van der Waals surface area contributed by atoms with Gasteiger partial charge in [0.1, 0.15) is 18.4 Å². The van der Waals surface area contributed by atoms with Gasteiger partial charge in [0.15, 0.2) is 0 Å². The van der Waals surface area contributed by atoms with Crippen molar-refractivity contribution in [3.8, 4) is 0 Å². The fraction of sp³-hybridized carbons (Fsp3) is 0.257. The number of hydrogen-bond acceptors (Lipinski definition) is 4. The van der Waals surface area contributed by atoms with Crippen LogP contribution in [0, 0.1) is 12.7 Å². The molecule has 0 fully saturated rings. The van der Waals surface area contributed by atoms with Gasteiger partial charge in [-0.3, -0.25) is 13.9 Å². The molecule has 0 radical (unpaired) electrons. The fourth-order valence-electron chi connectivity index (χ4n) is 4.90. The Labute approximate surface area is 259 Å². The third kappa shape index (κ3) is 7.90. The molecule has 0 saturated heterocycles. The van der Waals surface area contributed by atoms with E-state index in [1.807, 2.05) is 63.2 Å². The maximum absolute atomic E-state index is 14.3. The van der Waals surface area contributed by atoms with Crippen LogP contribution in [0.3, 0.4) is 0 Å². The summed E-state index contributed by atoms with van der Waals surface area (Å²) in [4.78, 5) is 29.1. The molecule has 4 rings (SSSR count). The zero-order chi connectivity index (χ0) is 31.9. The van der Waals surface area contributed by atoms with Crippen molar-refractivity contribution in [3.05, 3.63) is 131 Å². The fourth-order valence-corrected chi connectivity index (χ4v) is 6.31. The highest BCUT2D eigenvalue weighted by atomic mass is 32.2. The van der Waals surface area contributed by atoms with Gasteiger partial charge in [0.25, 0.3) is 10.0 Å². The average molecular weight is 616 g/mol. The van der Waals surface area contributed by atoms with E-state index in [0.29, 0.717) is 11.3 Å². The molecule has 0 aliphatic carbocycles. The van der Waals surface area contributed by atoms with Gasteiger partial charge in [-0.15, -0.1) is 0 Å². The summed E-state index contributed by atoms with van der Waals surface area (Å²) in [7, 11) is -2.69. The number of carbonyl (C=O) groups excluding carboxylic acids is 2. The van der Waals surface area contributed by atoms with Crippen molar-refractivity contribution < 1.29 is 22.4 Å².